The van der Waals surface area contributed by atoms with Gasteiger partial charge < -0.3 is 0 Å². The van der Waals surface area contributed by atoms with Gasteiger partial charge in [0.1, 0.15) is 8.07 Å². The molecule has 0 aliphatic carbocycles. The Bertz CT molecular complexity index is 945. The SMILES string of the molecule is C.C.C.CC(C)(C)[Si]1(C(C)(C)C)c2ccccc2-c2ccccc21.CC(C)[Si](C(C)C)(C(C)(C)C)C(C)(C)C. The van der Waals surface area contributed by atoms with Crippen molar-refractivity contribution in [3.63, 3.8) is 0 Å². The molecule has 226 valence electrons. The van der Waals surface area contributed by atoms with Crippen LogP contribution in [0.1, 0.15) is 133 Å². The van der Waals surface area contributed by atoms with Crippen LogP contribution in [0.3, 0.4) is 0 Å². The predicted octanol–water partition coefficient (Wildman–Crippen LogP) is 12.6. The van der Waals surface area contributed by atoms with Crippen molar-refractivity contribution >= 4 is 26.5 Å². The van der Waals surface area contributed by atoms with Gasteiger partial charge in [-0.25, -0.2) is 0 Å². The summed E-state index contributed by atoms with van der Waals surface area (Å²) in [4.78, 5) is 0. The lowest BCUT2D eigenvalue weighted by Gasteiger charge is -2.57. The fourth-order valence-corrected chi connectivity index (χ4v) is 28.5. The molecule has 39 heavy (non-hydrogen) atoms. The van der Waals surface area contributed by atoms with Gasteiger partial charge in [0, 0.05) is 0 Å². The highest BCUT2D eigenvalue weighted by atomic mass is 28.3. The molecule has 0 spiro atoms. The van der Waals surface area contributed by atoms with Gasteiger partial charge in [0.15, 0.2) is 0 Å². The molecule has 0 aromatic heterocycles. The Kier molecular flexibility index (Phi) is 13.1. The summed E-state index contributed by atoms with van der Waals surface area (Å²) in [6.45, 7) is 39.3. The maximum absolute atomic E-state index is 2.46. The minimum absolute atomic E-state index is 0. The van der Waals surface area contributed by atoms with Crippen LogP contribution < -0.4 is 10.4 Å². The van der Waals surface area contributed by atoms with Crippen LogP contribution in [-0.4, -0.2) is 16.1 Å². The lowest BCUT2D eigenvalue weighted by molar-refractivity contribution is 0.561. The fourth-order valence-electron chi connectivity index (χ4n) is 10.2. The molecule has 1 aliphatic heterocycles. The molecule has 0 fully saturated rings. The number of fused-ring (bicyclic) bond motifs is 3. The van der Waals surface area contributed by atoms with Crippen molar-refractivity contribution in [3.8, 4) is 11.1 Å². The minimum atomic E-state index is -1.88. The molecule has 0 bridgehead atoms. The molecular weight excluding hydrogens is 501 g/mol. The quantitative estimate of drug-likeness (QED) is 0.315. The predicted molar refractivity (Wildman–Crippen MR) is 192 cm³/mol. The molecule has 1 heterocycles. The first-order chi connectivity index (χ1) is 16.1. The van der Waals surface area contributed by atoms with Gasteiger partial charge in [-0.3, -0.25) is 0 Å². The van der Waals surface area contributed by atoms with E-state index in [1.807, 2.05) is 0 Å². The van der Waals surface area contributed by atoms with E-state index in [4.69, 9.17) is 0 Å². The van der Waals surface area contributed by atoms with E-state index in [9.17, 15) is 0 Å². The van der Waals surface area contributed by atoms with Crippen molar-refractivity contribution in [3.05, 3.63) is 48.5 Å². The monoisotopic (exact) mass is 571 g/mol. The maximum atomic E-state index is 2.46. The summed E-state index contributed by atoms with van der Waals surface area (Å²) in [7, 11) is -3.23. The first-order valence-electron chi connectivity index (χ1n) is 14.3. The molecule has 0 N–H and O–H groups in total. The molecule has 2 aromatic carbocycles. The lowest BCUT2D eigenvalue weighted by Crippen LogP contribution is -2.67. The Morgan fingerprint density at radius 1 is 0.487 bits per heavy atom. The highest BCUT2D eigenvalue weighted by Crippen LogP contribution is 2.61. The van der Waals surface area contributed by atoms with Crippen LogP contribution in [0.2, 0.25) is 31.2 Å². The summed E-state index contributed by atoms with van der Waals surface area (Å²) in [5, 5.41) is 4.79. The van der Waals surface area contributed by atoms with Crippen molar-refractivity contribution in [2.24, 2.45) is 0 Å². The molecular formula is C37H70Si2. The van der Waals surface area contributed by atoms with Crippen LogP contribution in [0.25, 0.3) is 11.1 Å². The third kappa shape index (κ3) is 6.23. The molecule has 0 amide bonds. The van der Waals surface area contributed by atoms with Crippen LogP contribution >= 0.6 is 0 Å². The summed E-state index contributed by atoms with van der Waals surface area (Å²) in [5.41, 5.74) is 4.64. The van der Waals surface area contributed by atoms with E-state index >= 15 is 0 Å². The Morgan fingerprint density at radius 3 is 0.923 bits per heavy atom. The second-order valence-electron chi connectivity index (χ2n) is 16.0. The standard InChI is InChI=1S/C20H26Si.C14H32Si.3CH4/c1-19(2,3)21(20(4,5)6)17-13-9-7-11-15(17)16-12-8-10-14-18(16)21;1-11(2)15(12(3)4,13(5,6)7)14(8,9)10;;;/h7-14H,1-6H3;11-12H,1-10H3;3*1H4. The van der Waals surface area contributed by atoms with E-state index in [0.717, 1.165) is 11.1 Å². The van der Waals surface area contributed by atoms with Crippen molar-refractivity contribution < 1.29 is 0 Å². The lowest BCUT2D eigenvalue weighted by atomic mass is 10.1. The normalized spacial score (nSPS) is 14.7. The summed E-state index contributed by atoms with van der Waals surface area (Å²) in [6, 6.07) is 18.3. The molecule has 0 unspecified atom stereocenters. The highest BCUT2D eigenvalue weighted by Gasteiger charge is 2.59. The largest absolute Gasteiger partial charge is 0.130 e. The van der Waals surface area contributed by atoms with Gasteiger partial charge in [-0.1, -0.05) is 182 Å². The van der Waals surface area contributed by atoms with Gasteiger partial charge in [0.2, 0.25) is 0 Å². The second kappa shape index (κ2) is 12.8. The van der Waals surface area contributed by atoms with Gasteiger partial charge >= 0.3 is 0 Å². The Labute approximate surface area is 249 Å². The second-order valence-corrected chi connectivity index (χ2v) is 28.6. The molecule has 0 radical (unpaired) electrons. The van der Waals surface area contributed by atoms with Crippen LogP contribution in [-0.2, 0) is 0 Å². The van der Waals surface area contributed by atoms with Crippen LogP contribution in [0.15, 0.2) is 48.5 Å². The van der Waals surface area contributed by atoms with E-state index in [1.54, 1.807) is 10.4 Å². The molecule has 0 atom stereocenters. The molecule has 0 saturated carbocycles. The Balaban J connectivity index is 0. The molecule has 1 aliphatic rings. The van der Waals surface area contributed by atoms with Gasteiger partial charge in [-0.2, -0.15) is 0 Å². The zero-order chi connectivity index (χ0) is 28.1. The van der Waals surface area contributed by atoms with E-state index in [0.29, 0.717) is 10.1 Å². The summed E-state index contributed by atoms with van der Waals surface area (Å²) in [5.74, 6) is 0. The minimum Gasteiger partial charge on any atom is -0.0776 e. The fraction of sp³-hybridized carbons (Fsp3) is 0.676. The first kappa shape index (κ1) is 40.0. The molecule has 3 rings (SSSR count). The van der Waals surface area contributed by atoms with Crippen LogP contribution in [0.5, 0.6) is 0 Å². The molecule has 0 saturated heterocycles. The molecule has 2 heteroatoms. The van der Waals surface area contributed by atoms with Gasteiger partial charge in [0.25, 0.3) is 0 Å². The smallest absolute Gasteiger partial charge is 0.0776 e. The zero-order valence-corrected chi connectivity index (χ0v) is 28.8. The van der Waals surface area contributed by atoms with E-state index in [-0.39, 0.29) is 32.4 Å². The summed E-state index contributed by atoms with van der Waals surface area (Å²) in [6.07, 6.45) is 0. The van der Waals surface area contributed by atoms with E-state index in [2.05, 4.69) is 159 Å². The number of hydrogen-bond acceptors (Lipinski definition) is 0. The molecule has 2 aromatic rings. The number of rotatable bonds is 2. The van der Waals surface area contributed by atoms with E-state index < -0.39 is 16.1 Å². The third-order valence-electron chi connectivity index (χ3n) is 9.51. The van der Waals surface area contributed by atoms with E-state index in [1.165, 1.54) is 11.1 Å². The van der Waals surface area contributed by atoms with Crippen molar-refractivity contribution in [2.75, 3.05) is 0 Å². The molecule has 0 nitrogen and oxygen atoms in total. The van der Waals surface area contributed by atoms with Gasteiger partial charge in [-0.05, 0) is 52.7 Å². The van der Waals surface area contributed by atoms with Crippen molar-refractivity contribution in [2.45, 2.75) is 164 Å². The maximum Gasteiger partial charge on any atom is 0.130 e. The Hall–Kier alpha value is -1.13. The van der Waals surface area contributed by atoms with Crippen LogP contribution in [0.4, 0.5) is 0 Å². The summed E-state index contributed by atoms with van der Waals surface area (Å²) < 4.78 is 0. The van der Waals surface area contributed by atoms with Gasteiger partial charge in [0.05, 0.1) is 8.07 Å². The number of benzene rings is 2. The number of hydrogen-bond donors (Lipinski definition) is 0. The van der Waals surface area contributed by atoms with Gasteiger partial charge in [-0.15, -0.1) is 0 Å². The van der Waals surface area contributed by atoms with Crippen LogP contribution in [0, 0.1) is 0 Å². The zero-order valence-electron chi connectivity index (χ0n) is 26.8. The average molecular weight is 571 g/mol. The summed E-state index contributed by atoms with van der Waals surface area (Å²) >= 11 is 0. The highest BCUT2D eigenvalue weighted by molar-refractivity contribution is 7.09. The third-order valence-corrected chi connectivity index (χ3v) is 25.1. The Morgan fingerprint density at radius 2 is 0.744 bits per heavy atom. The average Bonchev–Trinajstić information content (AvgIpc) is 2.97. The van der Waals surface area contributed by atoms with Crippen molar-refractivity contribution in [1.29, 1.82) is 0 Å². The van der Waals surface area contributed by atoms with Crippen molar-refractivity contribution in [1.82, 2.24) is 0 Å². The first-order valence-corrected chi connectivity index (χ1v) is 18.4. The topological polar surface area (TPSA) is 0 Å².